The van der Waals surface area contributed by atoms with Gasteiger partial charge in [0.25, 0.3) is 0 Å². The molecule has 0 aliphatic heterocycles. The lowest BCUT2D eigenvalue weighted by Gasteiger charge is -2.57. The molecule has 0 aromatic carbocycles. The predicted octanol–water partition coefficient (Wildman–Crippen LogP) is 7.05. The van der Waals surface area contributed by atoms with Crippen LogP contribution in [0.2, 0.25) is 0 Å². The van der Waals surface area contributed by atoms with E-state index in [2.05, 4.69) is 37.1 Å². The van der Waals surface area contributed by atoms with Gasteiger partial charge in [-0.3, -0.25) is 0 Å². The van der Waals surface area contributed by atoms with Crippen molar-refractivity contribution in [2.24, 2.45) is 46.8 Å². The van der Waals surface area contributed by atoms with Crippen molar-refractivity contribution < 1.29 is 0 Å². The lowest BCUT2D eigenvalue weighted by molar-refractivity contribution is -0.0694. The summed E-state index contributed by atoms with van der Waals surface area (Å²) in [5.74, 6) is 6.81. The molecule has 0 spiro atoms. The highest BCUT2D eigenvalue weighted by molar-refractivity contribution is 5.43. The molecule has 0 bridgehead atoms. The molecule has 3 nitrogen and oxygen atoms in total. The summed E-state index contributed by atoms with van der Waals surface area (Å²) >= 11 is 0. The van der Waals surface area contributed by atoms with Gasteiger partial charge in [0.15, 0.2) is 0 Å². The Kier molecular flexibility index (Phi) is 5.78. The van der Waals surface area contributed by atoms with E-state index in [1.54, 1.807) is 0 Å². The highest BCUT2D eigenvalue weighted by Gasteiger charge is 2.57. The summed E-state index contributed by atoms with van der Waals surface area (Å²) in [6.07, 6.45) is 16.6. The zero-order valence-corrected chi connectivity index (χ0v) is 19.8. The Labute approximate surface area is 189 Å². The van der Waals surface area contributed by atoms with E-state index >= 15 is 0 Å². The van der Waals surface area contributed by atoms with Gasteiger partial charge in [-0.05, 0) is 117 Å². The van der Waals surface area contributed by atoms with Gasteiger partial charge >= 0.3 is 0 Å². The number of nitrogens with one attached hydrogen (secondary N) is 1. The molecule has 4 saturated carbocycles. The van der Waals surface area contributed by atoms with Crippen LogP contribution in [0.15, 0.2) is 18.3 Å². The van der Waals surface area contributed by atoms with E-state index in [1.807, 2.05) is 18.3 Å². The maximum absolute atomic E-state index is 9.01. The molecular formula is C28H41N3. The highest BCUT2D eigenvalue weighted by Crippen LogP contribution is 2.65. The third kappa shape index (κ3) is 3.69. The lowest BCUT2D eigenvalue weighted by Crippen LogP contribution is -2.50. The molecule has 4 aliphatic carbocycles. The second kappa shape index (κ2) is 8.42. The minimum atomic E-state index is 0.456. The Morgan fingerprint density at radius 3 is 2.68 bits per heavy atom. The van der Waals surface area contributed by atoms with Crippen LogP contribution in [-0.4, -0.2) is 11.0 Å². The number of anilines is 1. The van der Waals surface area contributed by atoms with E-state index in [0.717, 1.165) is 47.1 Å². The molecule has 4 aliphatic rings. The first-order valence-electron chi connectivity index (χ1n) is 13.2. The molecule has 168 valence electrons. The van der Waals surface area contributed by atoms with Gasteiger partial charge in [-0.1, -0.05) is 26.7 Å². The molecule has 0 radical (unpaired) electrons. The van der Waals surface area contributed by atoms with E-state index in [4.69, 9.17) is 5.26 Å². The zero-order chi connectivity index (χ0) is 21.6. The van der Waals surface area contributed by atoms with Gasteiger partial charge in [-0.15, -0.1) is 0 Å². The minimum Gasteiger partial charge on any atom is -0.381 e. The molecule has 9 unspecified atom stereocenters. The summed E-state index contributed by atoms with van der Waals surface area (Å²) < 4.78 is 0. The van der Waals surface area contributed by atoms with Gasteiger partial charge in [-0.25, -0.2) is 4.98 Å². The lowest BCUT2D eigenvalue weighted by atomic mass is 9.49. The quantitative estimate of drug-likeness (QED) is 0.569. The normalized spacial score (nSPS) is 42.6. The van der Waals surface area contributed by atoms with Gasteiger partial charge in [-0.2, -0.15) is 5.26 Å². The first-order chi connectivity index (χ1) is 15.0. The summed E-state index contributed by atoms with van der Waals surface area (Å²) in [6, 6.07) is 6.41. The van der Waals surface area contributed by atoms with E-state index < -0.39 is 0 Å². The van der Waals surface area contributed by atoms with Gasteiger partial charge in [0.1, 0.15) is 11.8 Å². The van der Waals surface area contributed by atoms with E-state index in [0.29, 0.717) is 17.2 Å². The number of fused-ring (bicyclic) bond motifs is 5. The summed E-state index contributed by atoms with van der Waals surface area (Å²) in [7, 11) is 0. The van der Waals surface area contributed by atoms with Crippen molar-refractivity contribution >= 4 is 5.69 Å². The Balaban J connectivity index is 1.28. The molecule has 1 aromatic heterocycles. The van der Waals surface area contributed by atoms with Gasteiger partial charge in [0, 0.05) is 6.04 Å². The summed E-state index contributed by atoms with van der Waals surface area (Å²) in [5.41, 5.74) is 2.04. The van der Waals surface area contributed by atoms with Crippen LogP contribution in [0, 0.1) is 58.2 Å². The van der Waals surface area contributed by atoms with Crippen LogP contribution in [0.3, 0.4) is 0 Å². The molecule has 1 heterocycles. The number of hydrogen-bond acceptors (Lipinski definition) is 3. The Morgan fingerprint density at radius 1 is 1.10 bits per heavy atom. The molecule has 31 heavy (non-hydrogen) atoms. The molecular weight excluding hydrogens is 378 g/mol. The van der Waals surface area contributed by atoms with Gasteiger partial charge in [0.05, 0.1) is 11.9 Å². The first-order valence-corrected chi connectivity index (χ1v) is 13.2. The fourth-order valence-electron chi connectivity index (χ4n) is 9.09. The fourth-order valence-corrected chi connectivity index (χ4v) is 9.09. The van der Waals surface area contributed by atoms with E-state index in [1.165, 1.54) is 64.2 Å². The predicted molar refractivity (Wildman–Crippen MR) is 126 cm³/mol. The molecule has 3 heteroatoms. The summed E-state index contributed by atoms with van der Waals surface area (Å²) in [4.78, 5) is 4.26. The third-order valence-electron chi connectivity index (χ3n) is 10.6. The maximum atomic E-state index is 9.01. The first kappa shape index (κ1) is 21.3. The van der Waals surface area contributed by atoms with Crippen molar-refractivity contribution in [3.63, 3.8) is 0 Å². The van der Waals surface area contributed by atoms with Crippen LogP contribution in [0.25, 0.3) is 0 Å². The second-order valence-corrected chi connectivity index (χ2v) is 11.7. The van der Waals surface area contributed by atoms with Crippen molar-refractivity contribution in [3.05, 3.63) is 24.0 Å². The average molecular weight is 420 g/mol. The summed E-state index contributed by atoms with van der Waals surface area (Å²) in [5, 5.41) is 12.8. The van der Waals surface area contributed by atoms with Crippen LogP contribution < -0.4 is 5.32 Å². The number of nitriles is 1. The number of aromatic nitrogens is 1. The Hall–Kier alpha value is -1.56. The smallest absolute Gasteiger partial charge is 0.140 e. The topological polar surface area (TPSA) is 48.7 Å². The zero-order valence-electron chi connectivity index (χ0n) is 19.8. The SMILES string of the molecule is CCC1CCC2C(CCC3C2CCC2(C)C(C(C)Nc4ccc(C#N)nc4)CCC32)C1. The van der Waals surface area contributed by atoms with Crippen LogP contribution in [0.1, 0.15) is 90.7 Å². The van der Waals surface area contributed by atoms with Gasteiger partial charge < -0.3 is 5.32 Å². The molecule has 1 N–H and O–H groups in total. The monoisotopic (exact) mass is 419 g/mol. The standard InChI is InChI=1S/C28H41N3/c1-4-19-5-9-23-20(15-19)6-10-25-24(23)13-14-28(3)26(11-12-27(25)28)18(2)31-22-8-7-21(16-29)30-17-22/h7-8,17-20,23-27,31H,4-6,9-15H2,1-3H3. The van der Waals surface area contributed by atoms with E-state index in [-0.39, 0.29) is 0 Å². The molecule has 5 rings (SSSR count). The van der Waals surface area contributed by atoms with Crippen molar-refractivity contribution in [3.8, 4) is 6.07 Å². The van der Waals surface area contributed by atoms with Crippen molar-refractivity contribution in [1.82, 2.24) is 4.98 Å². The maximum Gasteiger partial charge on any atom is 0.140 e. The fraction of sp³-hybridized carbons (Fsp3) is 0.786. The third-order valence-corrected chi connectivity index (χ3v) is 10.6. The second-order valence-electron chi connectivity index (χ2n) is 11.7. The molecule has 0 saturated heterocycles. The highest BCUT2D eigenvalue weighted by atomic mass is 14.9. The number of hydrogen-bond donors (Lipinski definition) is 1. The minimum absolute atomic E-state index is 0.456. The van der Waals surface area contributed by atoms with E-state index in [9.17, 15) is 0 Å². The molecule has 9 atom stereocenters. The molecule has 1 aromatic rings. The number of rotatable bonds is 4. The number of nitrogens with zero attached hydrogens (tertiary/aromatic N) is 2. The van der Waals surface area contributed by atoms with Crippen molar-refractivity contribution in [2.75, 3.05) is 5.32 Å². The van der Waals surface area contributed by atoms with Crippen LogP contribution >= 0.6 is 0 Å². The molecule has 0 amide bonds. The van der Waals surface area contributed by atoms with Crippen LogP contribution in [0.5, 0.6) is 0 Å². The largest absolute Gasteiger partial charge is 0.381 e. The summed E-state index contributed by atoms with van der Waals surface area (Å²) in [6.45, 7) is 7.43. The molecule has 4 fully saturated rings. The van der Waals surface area contributed by atoms with Crippen LogP contribution in [-0.2, 0) is 0 Å². The van der Waals surface area contributed by atoms with Crippen molar-refractivity contribution in [2.45, 2.75) is 91.0 Å². The Morgan fingerprint density at radius 2 is 1.94 bits per heavy atom. The average Bonchev–Trinajstić information content (AvgIpc) is 3.16. The van der Waals surface area contributed by atoms with Gasteiger partial charge in [0.2, 0.25) is 0 Å². The number of pyridine rings is 1. The van der Waals surface area contributed by atoms with Crippen LogP contribution in [0.4, 0.5) is 5.69 Å². The Bertz CT molecular complexity index is 811. The van der Waals surface area contributed by atoms with Crippen molar-refractivity contribution in [1.29, 1.82) is 5.26 Å².